The van der Waals surface area contributed by atoms with Crippen LogP contribution in [0.1, 0.15) is 37.5 Å². The number of carbonyl (C=O) groups is 1. The lowest BCUT2D eigenvalue weighted by atomic mass is 9.74. The number of benzene rings is 2. The zero-order chi connectivity index (χ0) is 18.3. The Labute approximate surface area is 158 Å². The van der Waals surface area contributed by atoms with Gasteiger partial charge in [-0.25, -0.2) is 0 Å². The summed E-state index contributed by atoms with van der Waals surface area (Å²) < 4.78 is 11.8. The van der Waals surface area contributed by atoms with Crippen molar-refractivity contribution in [3.05, 3.63) is 65.4 Å². The number of ether oxygens (including phenoxy) is 2. The minimum Gasteiger partial charge on any atom is -0.496 e. The van der Waals surface area contributed by atoms with Gasteiger partial charge in [-0.15, -0.1) is 11.8 Å². The highest BCUT2D eigenvalue weighted by Crippen LogP contribution is 2.55. The fourth-order valence-corrected chi connectivity index (χ4v) is 5.06. The first-order valence-corrected chi connectivity index (χ1v) is 9.69. The average Bonchev–Trinajstić information content (AvgIpc) is 2.60. The highest BCUT2D eigenvalue weighted by atomic mass is 32.2. The van der Waals surface area contributed by atoms with Gasteiger partial charge in [-0.3, -0.25) is 4.79 Å². The molecular formula is C22H22O3S. The summed E-state index contributed by atoms with van der Waals surface area (Å²) in [6.07, 6.45) is 1.32. The second-order valence-electron chi connectivity index (χ2n) is 7.56. The van der Waals surface area contributed by atoms with E-state index in [1.165, 1.54) is 0 Å². The standard InChI is InChI=1S/C22H22O3S/c1-22(2)12-15(23)19-18(13-22)25-17-11-7-10-16(24-3)20(17)21(19)26-14-8-5-4-6-9-14/h4-11,21H,12-13H2,1-3H3. The van der Waals surface area contributed by atoms with Gasteiger partial charge in [0.2, 0.25) is 0 Å². The number of Topliss-reactive ketones (excluding diaryl/α,β-unsaturated/α-hetero) is 1. The maximum absolute atomic E-state index is 13.1. The van der Waals surface area contributed by atoms with Gasteiger partial charge in [0, 0.05) is 17.7 Å². The smallest absolute Gasteiger partial charge is 0.164 e. The molecule has 3 nitrogen and oxygen atoms in total. The summed E-state index contributed by atoms with van der Waals surface area (Å²) in [5.74, 6) is 2.56. The third-order valence-corrected chi connectivity index (χ3v) is 6.13. The molecular weight excluding hydrogens is 344 g/mol. The van der Waals surface area contributed by atoms with Crippen LogP contribution in [0.25, 0.3) is 0 Å². The molecule has 1 heterocycles. The molecule has 1 aliphatic heterocycles. The van der Waals surface area contributed by atoms with Crippen LogP contribution in [0.15, 0.2) is 64.8 Å². The molecule has 134 valence electrons. The Bertz CT molecular complexity index is 884. The Morgan fingerprint density at radius 2 is 1.85 bits per heavy atom. The number of rotatable bonds is 3. The first-order chi connectivity index (χ1) is 12.5. The van der Waals surface area contributed by atoms with Crippen molar-refractivity contribution in [1.29, 1.82) is 0 Å². The molecule has 1 atom stereocenters. The van der Waals surface area contributed by atoms with Crippen molar-refractivity contribution in [1.82, 2.24) is 0 Å². The molecule has 0 bridgehead atoms. The fraction of sp³-hybridized carbons (Fsp3) is 0.318. The molecule has 2 aliphatic rings. The van der Waals surface area contributed by atoms with Gasteiger partial charge in [0.15, 0.2) is 5.78 Å². The van der Waals surface area contributed by atoms with Crippen LogP contribution in [0, 0.1) is 5.41 Å². The largest absolute Gasteiger partial charge is 0.496 e. The van der Waals surface area contributed by atoms with E-state index in [0.717, 1.165) is 39.7 Å². The second-order valence-corrected chi connectivity index (χ2v) is 8.74. The Kier molecular flexibility index (Phi) is 4.31. The number of hydrogen-bond acceptors (Lipinski definition) is 4. The fourth-order valence-electron chi connectivity index (χ4n) is 3.74. The first-order valence-electron chi connectivity index (χ1n) is 8.81. The summed E-state index contributed by atoms with van der Waals surface area (Å²) in [6, 6.07) is 16.0. The van der Waals surface area contributed by atoms with Crippen molar-refractivity contribution in [2.75, 3.05) is 7.11 Å². The molecule has 0 fully saturated rings. The van der Waals surface area contributed by atoms with Crippen molar-refractivity contribution < 1.29 is 14.3 Å². The van der Waals surface area contributed by atoms with E-state index in [2.05, 4.69) is 26.0 Å². The van der Waals surface area contributed by atoms with Gasteiger partial charge in [-0.1, -0.05) is 38.1 Å². The van der Waals surface area contributed by atoms with Gasteiger partial charge in [-0.05, 0) is 29.7 Å². The predicted molar refractivity (Wildman–Crippen MR) is 104 cm³/mol. The zero-order valence-corrected chi connectivity index (χ0v) is 16.1. The normalized spacial score (nSPS) is 20.9. The van der Waals surface area contributed by atoms with E-state index in [0.29, 0.717) is 6.42 Å². The molecule has 0 aromatic heterocycles. The van der Waals surface area contributed by atoms with Crippen molar-refractivity contribution >= 4 is 17.5 Å². The van der Waals surface area contributed by atoms with Gasteiger partial charge >= 0.3 is 0 Å². The molecule has 2 aromatic carbocycles. The van der Waals surface area contributed by atoms with Crippen LogP contribution >= 0.6 is 11.8 Å². The van der Waals surface area contributed by atoms with E-state index < -0.39 is 0 Å². The molecule has 0 amide bonds. The quantitative estimate of drug-likeness (QED) is 0.712. The zero-order valence-electron chi connectivity index (χ0n) is 15.2. The third-order valence-electron chi connectivity index (χ3n) is 4.88. The first kappa shape index (κ1) is 17.2. The lowest BCUT2D eigenvalue weighted by Gasteiger charge is -2.38. The van der Waals surface area contributed by atoms with Crippen LogP contribution in [0.4, 0.5) is 0 Å². The molecule has 4 rings (SSSR count). The SMILES string of the molecule is COc1cccc2c1C(Sc1ccccc1)C1=C(CC(C)(C)CC1=O)O2. The van der Waals surface area contributed by atoms with Crippen molar-refractivity contribution in [2.24, 2.45) is 5.41 Å². The van der Waals surface area contributed by atoms with E-state index in [4.69, 9.17) is 9.47 Å². The number of ketones is 1. The van der Waals surface area contributed by atoms with Gasteiger partial charge in [0.05, 0.1) is 23.5 Å². The Hall–Kier alpha value is -2.20. The Morgan fingerprint density at radius 1 is 1.08 bits per heavy atom. The van der Waals surface area contributed by atoms with Crippen LogP contribution < -0.4 is 9.47 Å². The molecule has 0 spiro atoms. The summed E-state index contributed by atoms with van der Waals surface area (Å²) in [4.78, 5) is 14.2. The molecule has 0 saturated carbocycles. The number of allylic oxidation sites excluding steroid dienone is 1. The summed E-state index contributed by atoms with van der Waals surface area (Å²) in [5, 5.41) is -0.115. The Balaban J connectivity index is 1.86. The molecule has 0 N–H and O–H groups in total. The summed E-state index contributed by atoms with van der Waals surface area (Å²) in [6.45, 7) is 4.25. The molecule has 1 unspecified atom stereocenters. The van der Waals surface area contributed by atoms with Crippen molar-refractivity contribution in [3.63, 3.8) is 0 Å². The maximum Gasteiger partial charge on any atom is 0.164 e. The number of carbonyl (C=O) groups excluding carboxylic acids is 1. The predicted octanol–water partition coefficient (Wildman–Crippen LogP) is 5.56. The van der Waals surface area contributed by atoms with Gasteiger partial charge < -0.3 is 9.47 Å². The number of thioether (sulfide) groups is 1. The van der Waals surface area contributed by atoms with Crippen LogP contribution in [-0.2, 0) is 4.79 Å². The molecule has 4 heteroatoms. The highest BCUT2D eigenvalue weighted by molar-refractivity contribution is 7.99. The topological polar surface area (TPSA) is 35.5 Å². The molecule has 26 heavy (non-hydrogen) atoms. The lowest BCUT2D eigenvalue weighted by molar-refractivity contribution is -0.118. The van der Waals surface area contributed by atoms with Gasteiger partial charge in [0.25, 0.3) is 0 Å². The van der Waals surface area contributed by atoms with E-state index in [9.17, 15) is 4.79 Å². The van der Waals surface area contributed by atoms with Gasteiger partial charge in [0.1, 0.15) is 17.3 Å². The van der Waals surface area contributed by atoms with Crippen LogP contribution in [0.3, 0.4) is 0 Å². The van der Waals surface area contributed by atoms with E-state index in [-0.39, 0.29) is 16.4 Å². The van der Waals surface area contributed by atoms with Crippen molar-refractivity contribution in [2.45, 2.75) is 36.8 Å². The monoisotopic (exact) mass is 366 g/mol. The van der Waals surface area contributed by atoms with Crippen molar-refractivity contribution in [3.8, 4) is 11.5 Å². The number of hydrogen-bond donors (Lipinski definition) is 0. The summed E-state index contributed by atoms with van der Waals surface area (Å²) in [5.41, 5.74) is 1.68. The van der Waals surface area contributed by atoms with Crippen LogP contribution in [-0.4, -0.2) is 12.9 Å². The van der Waals surface area contributed by atoms with E-state index in [1.54, 1.807) is 18.9 Å². The minimum atomic E-state index is -0.115. The average molecular weight is 366 g/mol. The minimum absolute atomic E-state index is 0.0751. The van der Waals surface area contributed by atoms with E-state index in [1.807, 2.05) is 36.4 Å². The van der Waals surface area contributed by atoms with Gasteiger partial charge in [-0.2, -0.15) is 0 Å². The Morgan fingerprint density at radius 3 is 2.58 bits per heavy atom. The highest BCUT2D eigenvalue weighted by Gasteiger charge is 2.43. The molecule has 0 radical (unpaired) electrons. The lowest BCUT2D eigenvalue weighted by Crippen LogP contribution is -2.32. The number of methoxy groups -OCH3 is 1. The summed E-state index contributed by atoms with van der Waals surface area (Å²) in [7, 11) is 1.66. The molecule has 2 aromatic rings. The second kappa shape index (κ2) is 6.51. The molecule has 1 aliphatic carbocycles. The van der Waals surface area contributed by atoms with Crippen LogP contribution in [0.2, 0.25) is 0 Å². The maximum atomic E-state index is 13.1. The summed E-state index contributed by atoms with van der Waals surface area (Å²) >= 11 is 1.69. The van der Waals surface area contributed by atoms with Crippen LogP contribution in [0.5, 0.6) is 11.5 Å². The third kappa shape index (κ3) is 3.03. The molecule has 0 saturated heterocycles. The number of fused-ring (bicyclic) bond motifs is 1. The van der Waals surface area contributed by atoms with E-state index >= 15 is 0 Å².